The molecule has 0 amide bonds. The topological polar surface area (TPSA) is 0 Å². The smallest absolute Gasteiger partial charge is 0.0104 e. The van der Waals surface area contributed by atoms with Gasteiger partial charge < -0.3 is 0 Å². The fourth-order valence-electron chi connectivity index (χ4n) is 6.37. The summed E-state index contributed by atoms with van der Waals surface area (Å²) in [7, 11) is 0. The first-order valence-corrected chi connectivity index (χ1v) is 15.9. The molecule has 220 valence electrons. The summed E-state index contributed by atoms with van der Waals surface area (Å²) in [6, 6.07) is 0. The average molecular weight is 541 g/mol. The predicted octanol–water partition coefficient (Wildman–Crippen LogP) is 12.8. The van der Waals surface area contributed by atoms with E-state index in [1.54, 1.807) is 11.1 Å². The van der Waals surface area contributed by atoms with Crippen LogP contribution in [-0.2, 0) is 0 Å². The first-order chi connectivity index (χ1) is 18.8. The summed E-state index contributed by atoms with van der Waals surface area (Å²) in [5, 5.41) is 0. The van der Waals surface area contributed by atoms with E-state index in [2.05, 4.69) is 142 Å². The molecule has 0 radical (unpaired) electrons. The second-order valence-electron chi connectivity index (χ2n) is 14.1. The zero-order valence-corrected chi connectivity index (χ0v) is 27.7. The van der Waals surface area contributed by atoms with E-state index in [1.165, 1.54) is 67.2 Å². The molecule has 0 saturated heterocycles. The molecule has 2 unspecified atom stereocenters. The molecule has 2 aliphatic rings. The SMILES string of the molecule is CC1=CCCC(C)(C)C1CC/C(C)=C/C=C/C(C)=C/C=C/CC(C)/C=C/C=C(C)/C=C/C1=C(C)CCCC1(C)C. The van der Waals surface area contributed by atoms with Crippen molar-refractivity contribution in [3.05, 3.63) is 106 Å². The van der Waals surface area contributed by atoms with Crippen LogP contribution in [0, 0.1) is 22.7 Å². The highest BCUT2D eigenvalue weighted by molar-refractivity contribution is 5.36. The Kier molecular flexibility index (Phi) is 13.7. The number of hydrogen-bond donors (Lipinski definition) is 0. The maximum Gasteiger partial charge on any atom is -0.0104 e. The normalized spacial score (nSPS) is 23.7. The molecule has 0 aliphatic heterocycles. The van der Waals surface area contributed by atoms with Crippen molar-refractivity contribution in [1.82, 2.24) is 0 Å². The Morgan fingerprint density at radius 1 is 0.925 bits per heavy atom. The molecule has 0 aromatic carbocycles. The van der Waals surface area contributed by atoms with Gasteiger partial charge in [-0.25, -0.2) is 0 Å². The van der Waals surface area contributed by atoms with Crippen molar-refractivity contribution >= 4 is 0 Å². The molecular weight excluding hydrogens is 480 g/mol. The molecule has 0 heterocycles. The minimum absolute atomic E-state index is 0.303. The van der Waals surface area contributed by atoms with Crippen LogP contribution in [0.25, 0.3) is 0 Å². The standard InChI is InChI=1S/C40H60/c1-31(19-13-21-33(3)25-27-37-35(5)23-15-29-39(37,7)8)17-11-12-18-32(2)20-14-22-34(4)26-28-38-36(6)24-16-30-40(38,9)10/h11-14,17,19-23,26,28,32,37H,15-16,18,24-25,27,29-30H2,1-10H3/b12-11+,19-13+,20-14+,28-26+,31-17+,33-21+,34-22+. The van der Waals surface area contributed by atoms with E-state index in [0.717, 1.165) is 12.3 Å². The third kappa shape index (κ3) is 11.6. The fourth-order valence-corrected chi connectivity index (χ4v) is 6.37. The minimum Gasteiger partial charge on any atom is -0.0853 e. The van der Waals surface area contributed by atoms with Gasteiger partial charge in [0.15, 0.2) is 0 Å². The fraction of sp³-hybridized carbons (Fsp3) is 0.550. The van der Waals surface area contributed by atoms with Gasteiger partial charge >= 0.3 is 0 Å². The average Bonchev–Trinajstić information content (AvgIpc) is 2.85. The van der Waals surface area contributed by atoms with E-state index in [4.69, 9.17) is 0 Å². The van der Waals surface area contributed by atoms with Crippen LogP contribution in [0.2, 0.25) is 0 Å². The molecule has 0 N–H and O–H groups in total. The Balaban J connectivity index is 1.77. The lowest BCUT2D eigenvalue weighted by Gasteiger charge is -2.38. The van der Waals surface area contributed by atoms with Crippen LogP contribution >= 0.6 is 0 Å². The van der Waals surface area contributed by atoms with E-state index < -0.39 is 0 Å². The predicted molar refractivity (Wildman–Crippen MR) is 181 cm³/mol. The lowest BCUT2D eigenvalue weighted by atomic mass is 9.67. The lowest BCUT2D eigenvalue weighted by Crippen LogP contribution is -2.27. The van der Waals surface area contributed by atoms with Crippen molar-refractivity contribution < 1.29 is 0 Å². The van der Waals surface area contributed by atoms with Gasteiger partial charge in [-0.1, -0.05) is 135 Å². The van der Waals surface area contributed by atoms with Gasteiger partial charge in [0.1, 0.15) is 0 Å². The Labute approximate surface area is 249 Å². The zero-order valence-electron chi connectivity index (χ0n) is 27.7. The summed E-state index contributed by atoms with van der Waals surface area (Å²) in [5.41, 5.74) is 9.49. The first-order valence-electron chi connectivity index (χ1n) is 15.9. The number of allylic oxidation sites excluding steroid dienone is 18. The highest BCUT2D eigenvalue weighted by Crippen LogP contribution is 2.44. The third-order valence-electron chi connectivity index (χ3n) is 9.17. The summed E-state index contributed by atoms with van der Waals surface area (Å²) < 4.78 is 0. The van der Waals surface area contributed by atoms with Crippen molar-refractivity contribution in [1.29, 1.82) is 0 Å². The van der Waals surface area contributed by atoms with Gasteiger partial charge in [-0.3, -0.25) is 0 Å². The van der Waals surface area contributed by atoms with Gasteiger partial charge in [0, 0.05) is 0 Å². The molecular formula is C40H60. The van der Waals surface area contributed by atoms with Crippen LogP contribution < -0.4 is 0 Å². The molecule has 0 bridgehead atoms. The van der Waals surface area contributed by atoms with Crippen molar-refractivity contribution in [2.75, 3.05) is 0 Å². The van der Waals surface area contributed by atoms with Gasteiger partial charge in [-0.05, 0) is 114 Å². The van der Waals surface area contributed by atoms with Crippen LogP contribution in [0.15, 0.2) is 106 Å². The number of hydrogen-bond acceptors (Lipinski definition) is 0. The van der Waals surface area contributed by atoms with Crippen LogP contribution in [0.5, 0.6) is 0 Å². The minimum atomic E-state index is 0.303. The Bertz CT molecular complexity index is 1100. The molecule has 0 fully saturated rings. The second kappa shape index (κ2) is 16.2. The highest BCUT2D eigenvalue weighted by atomic mass is 14.4. The van der Waals surface area contributed by atoms with Crippen LogP contribution in [0.3, 0.4) is 0 Å². The van der Waals surface area contributed by atoms with Gasteiger partial charge in [-0.2, -0.15) is 0 Å². The molecule has 0 saturated carbocycles. The van der Waals surface area contributed by atoms with E-state index in [1.807, 2.05) is 0 Å². The first kappa shape index (κ1) is 33.9. The highest BCUT2D eigenvalue weighted by Gasteiger charge is 2.32. The van der Waals surface area contributed by atoms with Gasteiger partial charge in [0.2, 0.25) is 0 Å². The summed E-state index contributed by atoms with van der Waals surface area (Å²) in [5.74, 6) is 1.24. The third-order valence-corrected chi connectivity index (χ3v) is 9.17. The summed E-state index contributed by atoms with van der Waals surface area (Å²) in [4.78, 5) is 0. The largest absolute Gasteiger partial charge is 0.0853 e. The summed E-state index contributed by atoms with van der Waals surface area (Å²) >= 11 is 0. The van der Waals surface area contributed by atoms with Crippen molar-refractivity contribution in [2.24, 2.45) is 22.7 Å². The maximum absolute atomic E-state index is 2.46. The maximum atomic E-state index is 2.46. The van der Waals surface area contributed by atoms with E-state index in [9.17, 15) is 0 Å². The van der Waals surface area contributed by atoms with Gasteiger partial charge in [0.25, 0.3) is 0 Å². The van der Waals surface area contributed by atoms with Crippen LogP contribution in [0.4, 0.5) is 0 Å². The summed E-state index contributed by atoms with van der Waals surface area (Å²) in [6.07, 6.45) is 37.2. The Hall–Kier alpha value is -2.34. The number of rotatable bonds is 12. The quantitative estimate of drug-likeness (QED) is 0.170. The van der Waals surface area contributed by atoms with Crippen molar-refractivity contribution in [3.63, 3.8) is 0 Å². The molecule has 0 aromatic heterocycles. The van der Waals surface area contributed by atoms with E-state index in [-0.39, 0.29) is 0 Å². The van der Waals surface area contributed by atoms with E-state index >= 15 is 0 Å². The van der Waals surface area contributed by atoms with Crippen molar-refractivity contribution in [2.45, 2.75) is 121 Å². The molecule has 2 aliphatic carbocycles. The second-order valence-corrected chi connectivity index (χ2v) is 14.1. The summed E-state index contributed by atoms with van der Waals surface area (Å²) in [6.45, 7) is 23.2. The molecule has 0 heteroatoms. The molecule has 40 heavy (non-hydrogen) atoms. The lowest BCUT2D eigenvalue weighted by molar-refractivity contribution is 0.204. The molecule has 0 spiro atoms. The van der Waals surface area contributed by atoms with Gasteiger partial charge in [0.05, 0.1) is 0 Å². The van der Waals surface area contributed by atoms with Crippen molar-refractivity contribution in [3.8, 4) is 0 Å². The molecule has 0 aromatic rings. The van der Waals surface area contributed by atoms with Gasteiger partial charge in [-0.15, -0.1) is 0 Å². The zero-order chi connectivity index (χ0) is 29.8. The van der Waals surface area contributed by atoms with Crippen LogP contribution in [0.1, 0.15) is 121 Å². The molecule has 0 nitrogen and oxygen atoms in total. The molecule has 2 atom stereocenters. The molecule has 2 rings (SSSR count). The Morgan fingerprint density at radius 2 is 1.62 bits per heavy atom. The Morgan fingerprint density at radius 3 is 2.33 bits per heavy atom. The van der Waals surface area contributed by atoms with Crippen LogP contribution in [-0.4, -0.2) is 0 Å². The monoisotopic (exact) mass is 540 g/mol. The van der Waals surface area contributed by atoms with E-state index in [0.29, 0.717) is 16.7 Å².